The molecule has 0 bridgehead atoms. The number of hydrogen-bond donors (Lipinski definition) is 1. The standard InChI is InChI=1S/C47H80O5/c1-3-5-7-9-11-13-15-17-18-19-20-21-22-23-24-25-26-27-28-30-31-33-35-37-39-41-46(49)51-44-45(43-48)52-47(50)42-40-38-36-34-32-29-16-14-12-10-8-6-4-2/h6,8,12,14-15,17,19-20,29,32,36,38,45,48H,3-5,7,9-11,13,16,18,21-28,30-31,33-35,37,39-44H2,1-2H3/b8-6-,14-12-,17-15-,20-19-,32-29-,38-36-. The number of esters is 2. The Morgan fingerprint density at radius 2 is 0.865 bits per heavy atom. The van der Waals surface area contributed by atoms with Gasteiger partial charge in [0.2, 0.25) is 0 Å². The normalized spacial score (nSPS) is 12.9. The molecule has 0 saturated carbocycles. The Morgan fingerprint density at radius 1 is 0.462 bits per heavy atom. The fourth-order valence-electron chi connectivity index (χ4n) is 5.77. The van der Waals surface area contributed by atoms with E-state index in [9.17, 15) is 14.7 Å². The zero-order chi connectivity index (χ0) is 37.8. The monoisotopic (exact) mass is 725 g/mol. The lowest BCUT2D eigenvalue weighted by molar-refractivity contribution is -0.161. The highest BCUT2D eigenvalue weighted by Crippen LogP contribution is 2.14. The Kier molecular flexibility index (Phi) is 40.6. The van der Waals surface area contributed by atoms with Crippen LogP contribution in [0.3, 0.4) is 0 Å². The average molecular weight is 725 g/mol. The molecule has 5 nitrogen and oxygen atoms in total. The van der Waals surface area contributed by atoms with Gasteiger partial charge in [0.25, 0.3) is 0 Å². The molecule has 0 fully saturated rings. The van der Waals surface area contributed by atoms with E-state index in [4.69, 9.17) is 9.47 Å². The molecule has 0 amide bonds. The molecule has 0 aliphatic carbocycles. The maximum atomic E-state index is 12.1. The summed E-state index contributed by atoms with van der Waals surface area (Å²) in [6.07, 6.45) is 57.1. The topological polar surface area (TPSA) is 72.8 Å². The number of hydrogen-bond acceptors (Lipinski definition) is 5. The summed E-state index contributed by atoms with van der Waals surface area (Å²) in [6, 6.07) is 0. The third-order valence-corrected chi connectivity index (χ3v) is 9.00. The van der Waals surface area contributed by atoms with Crippen molar-refractivity contribution in [1.82, 2.24) is 0 Å². The number of ether oxygens (including phenoxy) is 2. The number of rotatable bonds is 38. The Labute approximate surface area is 321 Å². The van der Waals surface area contributed by atoms with Gasteiger partial charge in [-0.05, 0) is 70.6 Å². The van der Waals surface area contributed by atoms with E-state index in [1.54, 1.807) is 0 Å². The molecule has 0 rings (SSSR count). The molecule has 1 N–H and O–H groups in total. The van der Waals surface area contributed by atoms with Gasteiger partial charge in [0, 0.05) is 12.8 Å². The summed E-state index contributed by atoms with van der Waals surface area (Å²) >= 11 is 0. The van der Waals surface area contributed by atoms with Crippen LogP contribution < -0.4 is 0 Å². The summed E-state index contributed by atoms with van der Waals surface area (Å²) in [5.41, 5.74) is 0. The Hall–Kier alpha value is -2.66. The third-order valence-electron chi connectivity index (χ3n) is 9.00. The largest absolute Gasteiger partial charge is 0.462 e. The van der Waals surface area contributed by atoms with Crippen LogP contribution in [0, 0.1) is 0 Å². The summed E-state index contributed by atoms with van der Waals surface area (Å²) in [5.74, 6) is -0.689. The van der Waals surface area contributed by atoms with E-state index < -0.39 is 12.1 Å². The minimum Gasteiger partial charge on any atom is -0.462 e. The maximum Gasteiger partial charge on any atom is 0.306 e. The van der Waals surface area contributed by atoms with Crippen molar-refractivity contribution < 1.29 is 24.2 Å². The van der Waals surface area contributed by atoms with E-state index in [1.807, 2.05) is 12.2 Å². The molecule has 1 unspecified atom stereocenters. The number of allylic oxidation sites excluding steroid dienone is 12. The predicted octanol–water partition coefficient (Wildman–Crippen LogP) is 13.7. The van der Waals surface area contributed by atoms with Gasteiger partial charge < -0.3 is 14.6 Å². The maximum absolute atomic E-state index is 12.1. The Morgan fingerprint density at radius 3 is 1.33 bits per heavy atom. The summed E-state index contributed by atoms with van der Waals surface area (Å²) in [6.45, 7) is 3.94. The molecule has 0 aromatic carbocycles. The van der Waals surface area contributed by atoms with E-state index in [2.05, 4.69) is 74.6 Å². The molecule has 0 spiro atoms. The van der Waals surface area contributed by atoms with Crippen molar-refractivity contribution in [3.63, 3.8) is 0 Å². The third kappa shape index (κ3) is 40.1. The molecular formula is C47H80O5. The second-order valence-corrected chi connectivity index (χ2v) is 14.0. The first-order valence-corrected chi connectivity index (χ1v) is 21.5. The van der Waals surface area contributed by atoms with Crippen LogP contribution in [0.15, 0.2) is 72.9 Å². The first-order chi connectivity index (χ1) is 25.6. The van der Waals surface area contributed by atoms with Gasteiger partial charge in [0.15, 0.2) is 6.10 Å². The van der Waals surface area contributed by atoms with Crippen molar-refractivity contribution in [2.45, 2.75) is 200 Å². The highest BCUT2D eigenvalue weighted by molar-refractivity contribution is 5.70. The van der Waals surface area contributed by atoms with Gasteiger partial charge in [0.1, 0.15) is 6.61 Å². The fraction of sp³-hybridized carbons (Fsp3) is 0.702. The highest BCUT2D eigenvalue weighted by atomic mass is 16.6. The van der Waals surface area contributed by atoms with E-state index in [0.717, 1.165) is 51.4 Å². The molecule has 0 aliphatic heterocycles. The van der Waals surface area contributed by atoms with Crippen LogP contribution >= 0.6 is 0 Å². The molecule has 1 atom stereocenters. The zero-order valence-electron chi connectivity index (χ0n) is 33.8. The Bertz CT molecular complexity index is 957. The van der Waals surface area contributed by atoms with Gasteiger partial charge in [-0.3, -0.25) is 9.59 Å². The molecule has 0 aliphatic rings. The minimum atomic E-state index is -0.812. The van der Waals surface area contributed by atoms with Gasteiger partial charge in [-0.25, -0.2) is 0 Å². The van der Waals surface area contributed by atoms with Gasteiger partial charge >= 0.3 is 11.9 Å². The molecule has 52 heavy (non-hydrogen) atoms. The molecule has 0 aromatic heterocycles. The van der Waals surface area contributed by atoms with Crippen LogP contribution in [0.2, 0.25) is 0 Å². The molecular weight excluding hydrogens is 645 g/mol. The van der Waals surface area contributed by atoms with Gasteiger partial charge in [-0.15, -0.1) is 0 Å². The Balaban J connectivity index is 3.56. The number of carbonyl (C=O) groups is 2. The second-order valence-electron chi connectivity index (χ2n) is 14.0. The van der Waals surface area contributed by atoms with Crippen molar-refractivity contribution in [2.24, 2.45) is 0 Å². The predicted molar refractivity (Wildman–Crippen MR) is 223 cm³/mol. The molecule has 5 heteroatoms. The van der Waals surface area contributed by atoms with E-state index in [1.165, 1.54) is 109 Å². The molecule has 298 valence electrons. The van der Waals surface area contributed by atoms with E-state index >= 15 is 0 Å². The second kappa shape index (κ2) is 42.8. The van der Waals surface area contributed by atoms with Gasteiger partial charge in [-0.2, -0.15) is 0 Å². The van der Waals surface area contributed by atoms with Crippen molar-refractivity contribution in [3.8, 4) is 0 Å². The SMILES string of the molecule is CC/C=C\C/C=C\C/C=C\C/C=C\CCC(=O)OC(CO)COC(=O)CCCCCCCCCCCCCCC/C=C\C/C=C\CCCCCCC. The number of aliphatic hydroxyl groups excluding tert-OH is 1. The lowest BCUT2D eigenvalue weighted by Gasteiger charge is -2.15. The van der Waals surface area contributed by atoms with Crippen molar-refractivity contribution in [3.05, 3.63) is 72.9 Å². The first kappa shape index (κ1) is 49.3. The zero-order valence-corrected chi connectivity index (χ0v) is 33.8. The molecule has 0 saturated heterocycles. The van der Waals surface area contributed by atoms with E-state index in [-0.39, 0.29) is 25.6 Å². The quantitative estimate of drug-likeness (QED) is 0.0390. The van der Waals surface area contributed by atoms with Crippen LogP contribution in [-0.4, -0.2) is 36.4 Å². The van der Waals surface area contributed by atoms with E-state index in [0.29, 0.717) is 12.8 Å². The van der Waals surface area contributed by atoms with Crippen LogP contribution in [0.5, 0.6) is 0 Å². The van der Waals surface area contributed by atoms with Gasteiger partial charge in [0.05, 0.1) is 6.61 Å². The number of aliphatic hydroxyl groups is 1. The molecule has 0 heterocycles. The fourth-order valence-corrected chi connectivity index (χ4v) is 5.77. The molecule has 0 radical (unpaired) electrons. The minimum absolute atomic E-state index is 0.0974. The summed E-state index contributed by atoms with van der Waals surface area (Å²) in [5, 5.41) is 9.54. The van der Waals surface area contributed by atoms with Crippen molar-refractivity contribution in [2.75, 3.05) is 13.2 Å². The van der Waals surface area contributed by atoms with Gasteiger partial charge in [-0.1, -0.05) is 183 Å². The number of carbonyl (C=O) groups excluding carboxylic acids is 2. The number of unbranched alkanes of at least 4 members (excludes halogenated alkanes) is 18. The van der Waals surface area contributed by atoms with Crippen molar-refractivity contribution in [1.29, 1.82) is 0 Å². The first-order valence-electron chi connectivity index (χ1n) is 21.5. The summed E-state index contributed by atoms with van der Waals surface area (Å²) < 4.78 is 10.5. The lowest BCUT2D eigenvalue weighted by atomic mass is 10.0. The van der Waals surface area contributed by atoms with Crippen LogP contribution in [0.25, 0.3) is 0 Å². The van der Waals surface area contributed by atoms with Crippen molar-refractivity contribution >= 4 is 11.9 Å². The average Bonchev–Trinajstić information content (AvgIpc) is 3.15. The summed E-state index contributed by atoms with van der Waals surface area (Å²) in [4.78, 5) is 24.2. The highest BCUT2D eigenvalue weighted by Gasteiger charge is 2.15. The molecule has 0 aromatic rings. The lowest BCUT2D eigenvalue weighted by Crippen LogP contribution is -2.28. The van der Waals surface area contributed by atoms with Crippen LogP contribution in [-0.2, 0) is 19.1 Å². The van der Waals surface area contributed by atoms with Crippen LogP contribution in [0.1, 0.15) is 194 Å². The smallest absolute Gasteiger partial charge is 0.306 e. The summed E-state index contributed by atoms with van der Waals surface area (Å²) in [7, 11) is 0. The van der Waals surface area contributed by atoms with Crippen LogP contribution in [0.4, 0.5) is 0 Å².